The quantitative estimate of drug-likeness (QED) is 0.393. The minimum Gasteiger partial charge on any atom is -0.340 e. The number of anilines is 1. The van der Waals surface area contributed by atoms with E-state index < -0.39 is 5.92 Å². The van der Waals surface area contributed by atoms with Crippen molar-refractivity contribution in [1.29, 1.82) is 0 Å². The van der Waals surface area contributed by atoms with Gasteiger partial charge < -0.3 is 9.47 Å². The smallest absolute Gasteiger partial charge is 0.251 e. The Hall–Kier alpha value is -3.75. The third-order valence-electron chi connectivity index (χ3n) is 6.90. The van der Waals surface area contributed by atoms with Gasteiger partial charge in [0.2, 0.25) is 5.95 Å². The molecule has 0 bridgehead atoms. The Bertz CT molecular complexity index is 1470. The van der Waals surface area contributed by atoms with E-state index in [1.165, 1.54) is 0 Å². The van der Waals surface area contributed by atoms with Crippen molar-refractivity contribution in [3.8, 4) is 11.3 Å². The molecular formula is C27H27F2N7. The first-order chi connectivity index (χ1) is 17.2. The van der Waals surface area contributed by atoms with E-state index in [-0.39, 0.29) is 31.5 Å². The molecule has 1 aromatic carbocycles. The number of alkyl halides is 2. The summed E-state index contributed by atoms with van der Waals surface area (Å²) in [4.78, 5) is 24.8. The molecule has 1 aliphatic heterocycles. The maximum atomic E-state index is 13.5. The molecule has 4 aromatic rings. The second kappa shape index (κ2) is 8.15. The van der Waals surface area contributed by atoms with Gasteiger partial charge in [-0.25, -0.2) is 28.7 Å². The monoisotopic (exact) mass is 487 g/mol. The fourth-order valence-corrected chi connectivity index (χ4v) is 4.83. The summed E-state index contributed by atoms with van der Waals surface area (Å²) in [7, 11) is 0. The normalized spacial score (nSPS) is 17.4. The van der Waals surface area contributed by atoms with Gasteiger partial charge in [0.25, 0.3) is 5.92 Å². The van der Waals surface area contributed by atoms with E-state index in [4.69, 9.17) is 4.98 Å². The molecule has 0 spiro atoms. The summed E-state index contributed by atoms with van der Waals surface area (Å²) in [6.45, 7) is 6.99. The minimum absolute atomic E-state index is 0.0798. The van der Waals surface area contributed by atoms with Crippen LogP contribution in [0.1, 0.15) is 50.6 Å². The van der Waals surface area contributed by atoms with Gasteiger partial charge in [-0.3, -0.25) is 4.98 Å². The largest absolute Gasteiger partial charge is 0.340 e. The number of benzene rings is 1. The Kier molecular flexibility index (Phi) is 5.14. The van der Waals surface area contributed by atoms with Gasteiger partial charge in [0, 0.05) is 61.4 Å². The van der Waals surface area contributed by atoms with Crippen LogP contribution in [0, 0.1) is 0 Å². The van der Waals surface area contributed by atoms with Crippen LogP contribution in [0.15, 0.2) is 49.2 Å². The summed E-state index contributed by atoms with van der Waals surface area (Å²) in [5.41, 5.74) is 7.30. The first-order valence-electron chi connectivity index (χ1n) is 12.2. The van der Waals surface area contributed by atoms with E-state index >= 15 is 0 Å². The zero-order chi connectivity index (χ0) is 25.1. The summed E-state index contributed by atoms with van der Waals surface area (Å²) in [6, 6.07) is 6.30. The highest BCUT2D eigenvalue weighted by atomic mass is 19.3. The number of fused-ring (bicyclic) bond motifs is 2. The number of rotatable bonds is 3. The van der Waals surface area contributed by atoms with E-state index in [0.29, 0.717) is 11.6 Å². The Morgan fingerprint density at radius 3 is 2.39 bits per heavy atom. The van der Waals surface area contributed by atoms with Crippen molar-refractivity contribution in [3.05, 3.63) is 66.1 Å². The van der Waals surface area contributed by atoms with Gasteiger partial charge in [-0.2, -0.15) is 0 Å². The molecular weight excluding hydrogens is 460 g/mol. The van der Waals surface area contributed by atoms with Crippen molar-refractivity contribution in [2.75, 3.05) is 18.0 Å². The van der Waals surface area contributed by atoms with Crippen molar-refractivity contribution < 1.29 is 8.78 Å². The predicted octanol–water partition coefficient (Wildman–Crippen LogP) is 5.26. The standard InChI is InChI=1S/C27H27F2N7/c1-26(2,3)36-16-33-20-6-4-17(12-23(20)36)19-5-7-21-24(19)34-22(15-30-21)18-13-31-25(32-14-18)35-10-8-27(28,29)9-11-35/h4-6,12-16H,7-11H2,1-3H3. The molecule has 0 radical (unpaired) electrons. The molecule has 1 fully saturated rings. The predicted molar refractivity (Wildman–Crippen MR) is 135 cm³/mol. The molecule has 0 saturated carbocycles. The van der Waals surface area contributed by atoms with Crippen molar-refractivity contribution in [2.45, 2.75) is 51.5 Å². The molecule has 0 N–H and O–H groups in total. The highest BCUT2D eigenvalue weighted by Gasteiger charge is 2.34. The lowest BCUT2D eigenvalue weighted by molar-refractivity contribution is -0.0222. The zero-order valence-corrected chi connectivity index (χ0v) is 20.5. The molecule has 4 heterocycles. The molecule has 0 amide bonds. The van der Waals surface area contributed by atoms with Gasteiger partial charge >= 0.3 is 0 Å². The Labute approximate surface area is 208 Å². The topological polar surface area (TPSA) is 72.6 Å². The van der Waals surface area contributed by atoms with Crippen LogP contribution in [-0.4, -0.2) is 48.5 Å². The molecule has 184 valence electrons. The SMILES string of the molecule is CC(C)(C)n1cnc2ccc(C3=CCc4ncc(-c5cnc(N6CCC(F)(F)CC6)nc5)nc43)cc21. The number of halogens is 2. The maximum Gasteiger partial charge on any atom is 0.251 e. The van der Waals surface area contributed by atoms with Crippen molar-refractivity contribution in [2.24, 2.45) is 0 Å². The van der Waals surface area contributed by atoms with E-state index in [9.17, 15) is 8.78 Å². The van der Waals surface area contributed by atoms with Gasteiger partial charge in [-0.1, -0.05) is 12.1 Å². The number of hydrogen-bond acceptors (Lipinski definition) is 6. The molecule has 7 nitrogen and oxygen atoms in total. The third kappa shape index (κ3) is 4.02. The van der Waals surface area contributed by atoms with Gasteiger partial charge in [-0.05, 0) is 38.5 Å². The van der Waals surface area contributed by atoms with Gasteiger partial charge in [-0.15, -0.1) is 0 Å². The summed E-state index contributed by atoms with van der Waals surface area (Å²) in [6.07, 6.45) is 9.56. The number of hydrogen-bond donors (Lipinski definition) is 0. The van der Waals surface area contributed by atoms with Crippen LogP contribution >= 0.6 is 0 Å². The molecule has 1 aliphatic carbocycles. The zero-order valence-electron chi connectivity index (χ0n) is 20.5. The number of piperidine rings is 1. The Balaban J connectivity index is 1.29. The molecule has 36 heavy (non-hydrogen) atoms. The first kappa shape index (κ1) is 22.7. The number of aromatic nitrogens is 6. The van der Waals surface area contributed by atoms with E-state index in [0.717, 1.165) is 45.5 Å². The Morgan fingerprint density at radius 1 is 0.917 bits per heavy atom. The number of nitrogens with zero attached hydrogens (tertiary/aromatic N) is 7. The van der Waals surface area contributed by atoms with Crippen LogP contribution in [0.3, 0.4) is 0 Å². The molecule has 0 unspecified atom stereocenters. The lowest BCUT2D eigenvalue weighted by atomic mass is 10.0. The molecule has 9 heteroatoms. The second-order valence-corrected chi connectivity index (χ2v) is 10.5. The average molecular weight is 488 g/mol. The van der Waals surface area contributed by atoms with Crippen LogP contribution in [-0.2, 0) is 12.0 Å². The van der Waals surface area contributed by atoms with E-state index in [2.05, 4.69) is 63.5 Å². The van der Waals surface area contributed by atoms with Crippen LogP contribution in [0.25, 0.3) is 27.9 Å². The van der Waals surface area contributed by atoms with Crippen molar-refractivity contribution >= 4 is 22.6 Å². The second-order valence-electron chi connectivity index (χ2n) is 10.5. The van der Waals surface area contributed by atoms with Gasteiger partial charge in [0.15, 0.2) is 0 Å². The lowest BCUT2D eigenvalue weighted by Gasteiger charge is -2.31. The summed E-state index contributed by atoms with van der Waals surface area (Å²) in [5.74, 6) is -2.13. The van der Waals surface area contributed by atoms with Crippen LogP contribution < -0.4 is 4.90 Å². The molecule has 2 aliphatic rings. The number of imidazole rings is 1. The summed E-state index contributed by atoms with van der Waals surface area (Å²) >= 11 is 0. The maximum absolute atomic E-state index is 13.5. The third-order valence-corrected chi connectivity index (χ3v) is 6.90. The summed E-state index contributed by atoms with van der Waals surface area (Å²) < 4.78 is 29.2. The molecule has 6 rings (SSSR count). The van der Waals surface area contributed by atoms with Crippen LogP contribution in [0.4, 0.5) is 14.7 Å². The fourth-order valence-electron chi connectivity index (χ4n) is 4.83. The van der Waals surface area contributed by atoms with E-state index in [1.807, 2.05) is 12.4 Å². The van der Waals surface area contributed by atoms with Crippen molar-refractivity contribution in [1.82, 2.24) is 29.5 Å². The van der Waals surface area contributed by atoms with E-state index in [1.54, 1.807) is 23.5 Å². The first-order valence-corrected chi connectivity index (χ1v) is 12.2. The van der Waals surface area contributed by atoms with Gasteiger partial charge in [0.1, 0.15) is 0 Å². The minimum atomic E-state index is -2.60. The van der Waals surface area contributed by atoms with Crippen LogP contribution in [0.5, 0.6) is 0 Å². The Morgan fingerprint density at radius 2 is 1.67 bits per heavy atom. The highest BCUT2D eigenvalue weighted by Crippen LogP contribution is 2.34. The highest BCUT2D eigenvalue weighted by molar-refractivity contribution is 5.88. The lowest BCUT2D eigenvalue weighted by Crippen LogP contribution is -2.40. The molecule has 3 aromatic heterocycles. The van der Waals surface area contributed by atoms with Gasteiger partial charge in [0.05, 0.1) is 40.6 Å². The van der Waals surface area contributed by atoms with Crippen LogP contribution in [0.2, 0.25) is 0 Å². The number of allylic oxidation sites excluding steroid dienone is 1. The molecule has 0 atom stereocenters. The average Bonchev–Trinajstić information content (AvgIpc) is 3.47. The van der Waals surface area contributed by atoms with Crippen molar-refractivity contribution in [3.63, 3.8) is 0 Å². The fraction of sp³-hybridized carbons (Fsp3) is 0.370. The summed E-state index contributed by atoms with van der Waals surface area (Å²) in [5, 5.41) is 0. The molecule has 1 saturated heterocycles.